The van der Waals surface area contributed by atoms with Crippen molar-refractivity contribution in [3.05, 3.63) is 28.5 Å². The highest BCUT2D eigenvalue weighted by atomic mass is 32.1. The number of hydrogen-bond donors (Lipinski definition) is 1. The number of nitrogens with one attached hydrogen (secondary N) is 1. The van der Waals surface area contributed by atoms with Crippen molar-refractivity contribution in [3.8, 4) is 0 Å². The number of carbonyl (C=O) groups is 1. The highest BCUT2D eigenvalue weighted by Crippen LogP contribution is 2.18. The number of rotatable bonds is 4. The molecule has 0 amide bonds. The fraction of sp³-hybridized carbons (Fsp3) is 0.385. The van der Waals surface area contributed by atoms with E-state index in [0.29, 0.717) is 24.3 Å². The van der Waals surface area contributed by atoms with E-state index in [9.17, 15) is 4.79 Å². The normalized spacial score (nSPS) is 10.8. The number of H-pyrrole nitrogens is 1. The van der Waals surface area contributed by atoms with Crippen LogP contribution < -0.4 is 0 Å². The number of aryl methyl sites for hydroxylation is 2. The fourth-order valence-electron chi connectivity index (χ4n) is 1.98. The average Bonchev–Trinajstić information content (AvgIpc) is 2.65. The first-order valence-corrected chi connectivity index (χ1v) is 6.38. The van der Waals surface area contributed by atoms with Crippen LogP contribution in [0, 0.1) is 11.7 Å². The first-order valence-electron chi connectivity index (χ1n) is 5.97. The van der Waals surface area contributed by atoms with Crippen molar-refractivity contribution in [1.29, 1.82) is 0 Å². The molecule has 0 atom stereocenters. The lowest BCUT2D eigenvalue weighted by atomic mass is 10.2. The van der Waals surface area contributed by atoms with Crippen molar-refractivity contribution in [2.75, 3.05) is 6.61 Å². The largest absolute Gasteiger partial charge is 0.466 e. The standard InChI is InChI=1S/C13H16N2O2S/c1-3-17-11(16)7-8-15-10-6-4-5-9(2)12(10)14-13(15)18/h4-6H,3,7-8H2,1-2H3,(H,14,18). The molecule has 0 saturated heterocycles. The Bertz CT molecular complexity index is 627. The number of aromatic nitrogens is 2. The maximum absolute atomic E-state index is 11.4. The fourth-order valence-corrected chi connectivity index (χ4v) is 2.27. The number of nitrogens with zero attached hydrogens (tertiary/aromatic N) is 1. The van der Waals surface area contributed by atoms with Crippen LogP contribution in [0.4, 0.5) is 0 Å². The second-order valence-electron chi connectivity index (χ2n) is 4.11. The average molecular weight is 264 g/mol. The Morgan fingerprint density at radius 1 is 1.50 bits per heavy atom. The molecule has 1 heterocycles. The number of benzene rings is 1. The molecule has 0 fully saturated rings. The summed E-state index contributed by atoms with van der Waals surface area (Å²) in [5.74, 6) is -0.193. The summed E-state index contributed by atoms with van der Waals surface area (Å²) in [6.45, 7) is 4.79. The van der Waals surface area contributed by atoms with Crippen LogP contribution in [0.5, 0.6) is 0 Å². The maximum Gasteiger partial charge on any atom is 0.307 e. The van der Waals surface area contributed by atoms with Gasteiger partial charge in [0.1, 0.15) is 0 Å². The number of imidazole rings is 1. The summed E-state index contributed by atoms with van der Waals surface area (Å²) in [6.07, 6.45) is 0.336. The van der Waals surface area contributed by atoms with E-state index in [1.54, 1.807) is 6.92 Å². The van der Waals surface area contributed by atoms with Crippen molar-refractivity contribution in [3.63, 3.8) is 0 Å². The van der Waals surface area contributed by atoms with Crippen molar-refractivity contribution in [2.24, 2.45) is 0 Å². The van der Waals surface area contributed by atoms with Gasteiger partial charge in [-0.05, 0) is 37.7 Å². The van der Waals surface area contributed by atoms with E-state index < -0.39 is 0 Å². The van der Waals surface area contributed by atoms with Gasteiger partial charge in [-0.1, -0.05) is 12.1 Å². The topological polar surface area (TPSA) is 47.0 Å². The Balaban J connectivity index is 2.28. The van der Waals surface area contributed by atoms with Gasteiger partial charge in [0.25, 0.3) is 0 Å². The predicted molar refractivity (Wildman–Crippen MR) is 73.1 cm³/mol. The van der Waals surface area contributed by atoms with Gasteiger partial charge in [0.2, 0.25) is 0 Å². The zero-order chi connectivity index (χ0) is 13.1. The molecule has 2 aromatic rings. The summed E-state index contributed by atoms with van der Waals surface area (Å²) >= 11 is 5.28. The molecule has 0 radical (unpaired) electrons. The minimum absolute atomic E-state index is 0.193. The highest BCUT2D eigenvalue weighted by molar-refractivity contribution is 7.71. The third-order valence-electron chi connectivity index (χ3n) is 2.86. The quantitative estimate of drug-likeness (QED) is 0.682. The lowest BCUT2D eigenvalue weighted by molar-refractivity contribution is -0.143. The molecule has 0 aliphatic carbocycles. The molecule has 0 aliphatic rings. The third-order valence-corrected chi connectivity index (χ3v) is 3.19. The molecule has 2 rings (SSSR count). The van der Waals surface area contributed by atoms with Gasteiger partial charge in [0.15, 0.2) is 4.77 Å². The van der Waals surface area contributed by atoms with Crippen LogP contribution in [-0.2, 0) is 16.1 Å². The Morgan fingerprint density at radius 3 is 3.00 bits per heavy atom. The van der Waals surface area contributed by atoms with Crippen molar-refractivity contribution in [2.45, 2.75) is 26.8 Å². The summed E-state index contributed by atoms with van der Waals surface area (Å²) in [5.41, 5.74) is 3.21. The van der Waals surface area contributed by atoms with Gasteiger partial charge in [-0.2, -0.15) is 0 Å². The van der Waals surface area contributed by atoms with E-state index in [0.717, 1.165) is 16.6 Å². The van der Waals surface area contributed by atoms with E-state index in [1.807, 2.05) is 29.7 Å². The highest BCUT2D eigenvalue weighted by Gasteiger charge is 2.08. The van der Waals surface area contributed by atoms with Crippen LogP contribution in [0.2, 0.25) is 0 Å². The molecule has 18 heavy (non-hydrogen) atoms. The number of esters is 1. The maximum atomic E-state index is 11.4. The van der Waals surface area contributed by atoms with Gasteiger partial charge in [-0.3, -0.25) is 4.79 Å². The number of aromatic amines is 1. The lowest BCUT2D eigenvalue weighted by Crippen LogP contribution is -2.09. The molecule has 1 N–H and O–H groups in total. The molecule has 5 heteroatoms. The van der Waals surface area contributed by atoms with Gasteiger partial charge in [-0.15, -0.1) is 0 Å². The van der Waals surface area contributed by atoms with Gasteiger partial charge in [0, 0.05) is 6.54 Å². The summed E-state index contributed by atoms with van der Waals surface area (Å²) in [4.78, 5) is 14.5. The summed E-state index contributed by atoms with van der Waals surface area (Å²) < 4.78 is 7.50. The van der Waals surface area contributed by atoms with Crippen LogP contribution in [0.15, 0.2) is 18.2 Å². The van der Waals surface area contributed by atoms with Gasteiger partial charge >= 0.3 is 5.97 Å². The van der Waals surface area contributed by atoms with E-state index in [-0.39, 0.29) is 5.97 Å². The molecule has 1 aromatic heterocycles. The van der Waals surface area contributed by atoms with E-state index in [2.05, 4.69) is 4.98 Å². The Kier molecular flexibility index (Phi) is 3.81. The lowest BCUT2D eigenvalue weighted by Gasteiger charge is -2.04. The molecular formula is C13H16N2O2S. The summed E-state index contributed by atoms with van der Waals surface area (Å²) in [5, 5.41) is 0. The zero-order valence-electron chi connectivity index (χ0n) is 10.5. The second-order valence-corrected chi connectivity index (χ2v) is 4.49. The van der Waals surface area contributed by atoms with Crippen LogP contribution in [0.1, 0.15) is 18.9 Å². The van der Waals surface area contributed by atoms with Crippen LogP contribution in [0.25, 0.3) is 11.0 Å². The Labute approximate surface area is 111 Å². The van der Waals surface area contributed by atoms with Crippen molar-refractivity contribution >= 4 is 29.2 Å². The number of hydrogen-bond acceptors (Lipinski definition) is 3. The van der Waals surface area contributed by atoms with Crippen molar-refractivity contribution < 1.29 is 9.53 Å². The number of para-hydroxylation sites is 1. The van der Waals surface area contributed by atoms with E-state index >= 15 is 0 Å². The smallest absolute Gasteiger partial charge is 0.307 e. The van der Waals surface area contributed by atoms with Gasteiger partial charge in [-0.25, -0.2) is 0 Å². The summed E-state index contributed by atoms with van der Waals surface area (Å²) in [6, 6.07) is 6.02. The van der Waals surface area contributed by atoms with Crippen LogP contribution >= 0.6 is 12.2 Å². The summed E-state index contributed by atoms with van der Waals surface area (Å²) in [7, 11) is 0. The van der Waals surface area contributed by atoms with Crippen LogP contribution in [-0.4, -0.2) is 22.1 Å². The molecule has 1 aromatic carbocycles. The van der Waals surface area contributed by atoms with E-state index in [1.165, 1.54) is 0 Å². The third kappa shape index (κ3) is 2.46. The number of ether oxygens (including phenoxy) is 1. The van der Waals surface area contributed by atoms with Gasteiger partial charge in [0.05, 0.1) is 24.1 Å². The van der Waals surface area contributed by atoms with Gasteiger partial charge < -0.3 is 14.3 Å². The molecule has 0 unspecified atom stereocenters. The molecule has 0 aliphatic heterocycles. The number of carbonyl (C=O) groups excluding carboxylic acids is 1. The predicted octanol–water partition coefficient (Wildman–Crippen LogP) is 2.96. The molecule has 0 bridgehead atoms. The molecule has 4 nitrogen and oxygen atoms in total. The van der Waals surface area contributed by atoms with Crippen LogP contribution in [0.3, 0.4) is 0 Å². The number of fused-ring (bicyclic) bond motifs is 1. The molecule has 0 spiro atoms. The van der Waals surface area contributed by atoms with Crippen molar-refractivity contribution in [1.82, 2.24) is 9.55 Å². The SMILES string of the molecule is CCOC(=O)CCn1c(=S)[nH]c2c(C)cccc21. The Hall–Kier alpha value is -1.62. The molecule has 0 saturated carbocycles. The first-order chi connectivity index (χ1) is 8.63. The molecule has 96 valence electrons. The zero-order valence-corrected chi connectivity index (χ0v) is 11.3. The minimum Gasteiger partial charge on any atom is -0.466 e. The Morgan fingerprint density at radius 2 is 2.28 bits per heavy atom. The molecular weight excluding hydrogens is 248 g/mol. The second kappa shape index (κ2) is 5.35. The monoisotopic (exact) mass is 264 g/mol. The minimum atomic E-state index is -0.193. The first kappa shape index (κ1) is 12.8. The van der Waals surface area contributed by atoms with E-state index in [4.69, 9.17) is 17.0 Å².